The zero-order chi connectivity index (χ0) is 14.5. The first-order valence-corrected chi connectivity index (χ1v) is 6.80. The van der Waals surface area contributed by atoms with Crippen LogP contribution in [-0.4, -0.2) is 62.0 Å². The molecule has 5 nitrogen and oxygen atoms in total. The van der Waals surface area contributed by atoms with Gasteiger partial charge in [0.1, 0.15) is 5.82 Å². The van der Waals surface area contributed by atoms with Gasteiger partial charge in [-0.1, -0.05) is 0 Å². The molecule has 110 valence electrons. The van der Waals surface area contributed by atoms with E-state index in [1.54, 1.807) is 0 Å². The minimum Gasteiger partial charge on any atom is -0.399 e. The van der Waals surface area contributed by atoms with E-state index >= 15 is 0 Å². The van der Waals surface area contributed by atoms with Crippen molar-refractivity contribution in [3.05, 3.63) is 29.6 Å². The molecule has 6 heteroatoms. The monoisotopic (exact) mass is 280 g/mol. The molecule has 0 spiro atoms. The van der Waals surface area contributed by atoms with Gasteiger partial charge in [0.2, 0.25) is 0 Å². The van der Waals surface area contributed by atoms with Gasteiger partial charge in [0, 0.05) is 45.0 Å². The van der Waals surface area contributed by atoms with Crippen molar-refractivity contribution in [2.24, 2.45) is 0 Å². The number of nitrogens with one attached hydrogen (secondary N) is 1. The molecule has 1 saturated heterocycles. The molecular formula is C14H21FN4O. The number of halogens is 1. The molecule has 1 heterocycles. The molecule has 0 aliphatic carbocycles. The second-order valence-electron chi connectivity index (χ2n) is 5.14. The van der Waals surface area contributed by atoms with Crippen LogP contribution in [0.15, 0.2) is 18.2 Å². The van der Waals surface area contributed by atoms with Gasteiger partial charge in [-0.2, -0.15) is 0 Å². The standard InChI is InChI=1S/C14H21FN4O/c1-18-6-8-19(9-7-18)5-4-17-14(20)12-3-2-11(16)10-13(12)15/h2-3,10H,4-9,16H2,1H3,(H,17,20). The third kappa shape index (κ3) is 3.91. The summed E-state index contributed by atoms with van der Waals surface area (Å²) >= 11 is 0. The summed E-state index contributed by atoms with van der Waals surface area (Å²) < 4.78 is 13.6. The van der Waals surface area contributed by atoms with Gasteiger partial charge in [-0.25, -0.2) is 4.39 Å². The normalized spacial score (nSPS) is 17.1. The van der Waals surface area contributed by atoms with E-state index in [1.165, 1.54) is 12.1 Å². The smallest absolute Gasteiger partial charge is 0.254 e. The lowest BCUT2D eigenvalue weighted by Gasteiger charge is -2.32. The number of carbonyl (C=O) groups is 1. The number of hydrogen-bond donors (Lipinski definition) is 2. The average molecular weight is 280 g/mol. The summed E-state index contributed by atoms with van der Waals surface area (Å²) in [5.74, 6) is -0.973. The van der Waals surface area contributed by atoms with Gasteiger partial charge in [0.05, 0.1) is 5.56 Å². The molecule has 0 radical (unpaired) electrons. The number of rotatable bonds is 4. The van der Waals surface area contributed by atoms with Crippen LogP contribution in [0.3, 0.4) is 0 Å². The summed E-state index contributed by atoms with van der Waals surface area (Å²) in [6, 6.07) is 4.10. The second kappa shape index (κ2) is 6.67. The Morgan fingerprint density at radius 2 is 2.05 bits per heavy atom. The Hall–Kier alpha value is -1.66. The summed E-state index contributed by atoms with van der Waals surface area (Å²) in [5, 5.41) is 2.74. The highest BCUT2D eigenvalue weighted by atomic mass is 19.1. The topological polar surface area (TPSA) is 61.6 Å². The summed E-state index contributed by atoms with van der Waals surface area (Å²) in [5.41, 5.74) is 5.81. The van der Waals surface area contributed by atoms with Gasteiger partial charge in [-0.15, -0.1) is 0 Å². The van der Waals surface area contributed by atoms with E-state index in [1.807, 2.05) is 0 Å². The molecule has 0 unspecified atom stereocenters. The molecule has 0 atom stereocenters. The summed E-state index contributed by atoms with van der Waals surface area (Å²) in [6.45, 7) is 5.40. The number of nitrogen functional groups attached to an aromatic ring is 1. The first-order chi connectivity index (χ1) is 9.56. The summed E-state index contributed by atoms with van der Waals surface area (Å²) in [6.07, 6.45) is 0. The van der Waals surface area contributed by atoms with Crippen LogP contribution in [0, 0.1) is 5.82 Å². The van der Waals surface area contributed by atoms with E-state index in [0.29, 0.717) is 12.2 Å². The highest BCUT2D eigenvalue weighted by molar-refractivity contribution is 5.94. The summed E-state index contributed by atoms with van der Waals surface area (Å²) in [4.78, 5) is 16.4. The fourth-order valence-corrected chi connectivity index (χ4v) is 2.21. The molecule has 0 bridgehead atoms. The molecule has 1 aliphatic rings. The Labute approximate surface area is 118 Å². The molecule has 3 N–H and O–H groups in total. The third-order valence-corrected chi connectivity index (χ3v) is 3.55. The van der Waals surface area contributed by atoms with Gasteiger partial charge in [-0.05, 0) is 25.2 Å². The van der Waals surface area contributed by atoms with Crippen molar-refractivity contribution < 1.29 is 9.18 Å². The zero-order valence-corrected chi connectivity index (χ0v) is 11.7. The predicted octanol–water partition coefficient (Wildman–Crippen LogP) is 0.385. The molecule has 1 fully saturated rings. The van der Waals surface area contributed by atoms with Crippen LogP contribution in [0.2, 0.25) is 0 Å². The van der Waals surface area contributed by atoms with E-state index in [9.17, 15) is 9.18 Å². The maximum absolute atomic E-state index is 13.6. The minimum atomic E-state index is -0.581. The van der Waals surface area contributed by atoms with Crippen molar-refractivity contribution in [3.8, 4) is 0 Å². The van der Waals surface area contributed by atoms with Crippen LogP contribution in [0.4, 0.5) is 10.1 Å². The predicted molar refractivity (Wildman–Crippen MR) is 77.1 cm³/mol. The largest absolute Gasteiger partial charge is 0.399 e. The van der Waals surface area contributed by atoms with Crippen LogP contribution in [0.1, 0.15) is 10.4 Å². The fraction of sp³-hybridized carbons (Fsp3) is 0.500. The van der Waals surface area contributed by atoms with E-state index in [4.69, 9.17) is 5.73 Å². The van der Waals surface area contributed by atoms with Crippen molar-refractivity contribution in [3.63, 3.8) is 0 Å². The molecule has 1 aromatic carbocycles. The van der Waals surface area contributed by atoms with E-state index in [2.05, 4.69) is 22.2 Å². The maximum Gasteiger partial charge on any atom is 0.254 e. The molecule has 2 rings (SSSR count). The van der Waals surface area contributed by atoms with Gasteiger partial charge < -0.3 is 16.0 Å². The number of hydrogen-bond acceptors (Lipinski definition) is 4. The lowest BCUT2D eigenvalue weighted by atomic mass is 10.2. The number of piperazine rings is 1. The number of carbonyl (C=O) groups excluding carboxylic acids is 1. The van der Waals surface area contributed by atoms with Gasteiger partial charge >= 0.3 is 0 Å². The van der Waals surface area contributed by atoms with Crippen LogP contribution < -0.4 is 11.1 Å². The Bertz CT molecular complexity index is 472. The van der Waals surface area contributed by atoms with Crippen LogP contribution in [0.5, 0.6) is 0 Å². The van der Waals surface area contributed by atoms with Crippen molar-refractivity contribution >= 4 is 11.6 Å². The highest BCUT2D eigenvalue weighted by Crippen LogP contribution is 2.11. The number of amides is 1. The quantitative estimate of drug-likeness (QED) is 0.783. The fourth-order valence-electron chi connectivity index (χ4n) is 2.21. The van der Waals surface area contributed by atoms with E-state index < -0.39 is 11.7 Å². The highest BCUT2D eigenvalue weighted by Gasteiger charge is 2.15. The van der Waals surface area contributed by atoms with Crippen molar-refractivity contribution in [2.75, 3.05) is 52.0 Å². The molecule has 1 aliphatic heterocycles. The van der Waals surface area contributed by atoms with Crippen LogP contribution in [0.25, 0.3) is 0 Å². The summed E-state index contributed by atoms with van der Waals surface area (Å²) in [7, 11) is 2.10. The molecule has 20 heavy (non-hydrogen) atoms. The average Bonchev–Trinajstić information content (AvgIpc) is 2.41. The molecular weight excluding hydrogens is 259 g/mol. The molecule has 0 saturated carbocycles. The Morgan fingerprint density at radius 3 is 2.70 bits per heavy atom. The molecule has 1 aromatic rings. The first kappa shape index (κ1) is 14.7. The Kier molecular flexibility index (Phi) is 4.92. The van der Waals surface area contributed by atoms with E-state index in [-0.39, 0.29) is 5.56 Å². The third-order valence-electron chi connectivity index (χ3n) is 3.55. The minimum absolute atomic E-state index is 0.0394. The first-order valence-electron chi connectivity index (χ1n) is 6.80. The number of nitrogens with zero attached hydrogens (tertiary/aromatic N) is 2. The SMILES string of the molecule is CN1CCN(CCNC(=O)c2ccc(N)cc2F)CC1. The zero-order valence-electron chi connectivity index (χ0n) is 11.7. The Balaban J connectivity index is 1.77. The number of anilines is 1. The van der Waals surface area contributed by atoms with Gasteiger partial charge in [0.15, 0.2) is 0 Å². The Morgan fingerprint density at radius 1 is 1.35 bits per heavy atom. The molecule has 1 amide bonds. The number of benzene rings is 1. The lowest BCUT2D eigenvalue weighted by Crippen LogP contribution is -2.46. The van der Waals surface area contributed by atoms with Crippen LogP contribution >= 0.6 is 0 Å². The van der Waals surface area contributed by atoms with Crippen molar-refractivity contribution in [2.45, 2.75) is 0 Å². The maximum atomic E-state index is 13.6. The molecule has 0 aromatic heterocycles. The lowest BCUT2D eigenvalue weighted by molar-refractivity contribution is 0.0937. The second-order valence-corrected chi connectivity index (χ2v) is 5.14. The van der Waals surface area contributed by atoms with Crippen LogP contribution in [-0.2, 0) is 0 Å². The van der Waals surface area contributed by atoms with Crippen molar-refractivity contribution in [1.29, 1.82) is 0 Å². The number of likely N-dealkylation sites (N-methyl/N-ethyl adjacent to an activating group) is 1. The number of nitrogens with two attached hydrogens (primary N) is 1. The van der Waals surface area contributed by atoms with Crippen molar-refractivity contribution in [1.82, 2.24) is 15.1 Å². The van der Waals surface area contributed by atoms with Gasteiger partial charge in [0.25, 0.3) is 5.91 Å². The van der Waals surface area contributed by atoms with Gasteiger partial charge in [-0.3, -0.25) is 9.69 Å². The van der Waals surface area contributed by atoms with E-state index in [0.717, 1.165) is 38.8 Å².